The molecule has 0 aliphatic carbocycles. The third kappa shape index (κ3) is 4.18. The molecule has 8 heteroatoms. The van der Waals surface area contributed by atoms with Gasteiger partial charge in [-0.15, -0.1) is 0 Å². The maximum Gasteiger partial charge on any atom is 0.320 e. The molecular formula is C15H13ClN2O5. The first kappa shape index (κ1) is 16.7. The van der Waals surface area contributed by atoms with Crippen LogP contribution in [0, 0.1) is 10.1 Å². The molecule has 1 unspecified atom stereocenters. The van der Waals surface area contributed by atoms with Crippen LogP contribution in [0.1, 0.15) is 5.56 Å². The van der Waals surface area contributed by atoms with Gasteiger partial charge in [0, 0.05) is 6.07 Å². The zero-order chi connectivity index (χ0) is 17.0. The van der Waals surface area contributed by atoms with Gasteiger partial charge >= 0.3 is 11.7 Å². The van der Waals surface area contributed by atoms with Crippen LogP contribution in [0.3, 0.4) is 0 Å². The van der Waals surface area contributed by atoms with Gasteiger partial charge in [-0.2, -0.15) is 0 Å². The quantitative estimate of drug-likeness (QED) is 0.618. The van der Waals surface area contributed by atoms with Crippen LogP contribution in [-0.4, -0.2) is 22.0 Å². The lowest BCUT2D eigenvalue weighted by molar-refractivity contribution is -0.385. The van der Waals surface area contributed by atoms with Crippen molar-refractivity contribution < 1.29 is 19.6 Å². The molecule has 23 heavy (non-hydrogen) atoms. The molecule has 2 rings (SSSR count). The number of nitrogens with two attached hydrogens (primary N) is 1. The van der Waals surface area contributed by atoms with E-state index in [-0.39, 0.29) is 23.6 Å². The number of rotatable bonds is 6. The van der Waals surface area contributed by atoms with Crippen molar-refractivity contribution in [1.29, 1.82) is 0 Å². The average molecular weight is 337 g/mol. The van der Waals surface area contributed by atoms with Crippen LogP contribution < -0.4 is 10.5 Å². The van der Waals surface area contributed by atoms with E-state index in [0.717, 1.165) is 0 Å². The van der Waals surface area contributed by atoms with Gasteiger partial charge in [0.15, 0.2) is 0 Å². The Bertz CT molecular complexity index is 750. The number of ether oxygens (including phenoxy) is 1. The van der Waals surface area contributed by atoms with Crippen LogP contribution in [-0.2, 0) is 11.2 Å². The van der Waals surface area contributed by atoms with Crippen molar-refractivity contribution in [3.05, 3.63) is 63.2 Å². The molecule has 0 aliphatic rings. The van der Waals surface area contributed by atoms with E-state index < -0.39 is 16.9 Å². The van der Waals surface area contributed by atoms with E-state index in [1.807, 2.05) is 0 Å². The largest absolute Gasteiger partial charge is 0.480 e. The highest BCUT2D eigenvalue weighted by Gasteiger charge is 2.20. The number of nitro groups is 1. The Labute approximate surface area is 136 Å². The molecular weight excluding hydrogens is 324 g/mol. The summed E-state index contributed by atoms with van der Waals surface area (Å²) in [5, 5.41) is 20.3. The second-order valence-electron chi connectivity index (χ2n) is 4.74. The van der Waals surface area contributed by atoms with Gasteiger partial charge < -0.3 is 15.6 Å². The third-order valence-electron chi connectivity index (χ3n) is 3.05. The Kier molecular flexibility index (Phi) is 5.15. The molecule has 3 N–H and O–H groups in total. The summed E-state index contributed by atoms with van der Waals surface area (Å²) in [6.07, 6.45) is -0.0253. The van der Waals surface area contributed by atoms with E-state index in [1.54, 1.807) is 24.3 Å². The van der Waals surface area contributed by atoms with E-state index in [9.17, 15) is 14.9 Å². The summed E-state index contributed by atoms with van der Waals surface area (Å²) in [6.45, 7) is 0. The zero-order valence-corrected chi connectivity index (χ0v) is 12.6. The van der Waals surface area contributed by atoms with Gasteiger partial charge in [0.25, 0.3) is 0 Å². The minimum Gasteiger partial charge on any atom is -0.480 e. The molecule has 0 bridgehead atoms. The Morgan fingerprint density at radius 3 is 2.61 bits per heavy atom. The normalized spacial score (nSPS) is 11.7. The van der Waals surface area contributed by atoms with E-state index >= 15 is 0 Å². The fourth-order valence-electron chi connectivity index (χ4n) is 1.91. The van der Waals surface area contributed by atoms with Crippen molar-refractivity contribution in [3.63, 3.8) is 0 Å². The maximum atomic E-state index is 11.2. The van der Waals surface area contributed by atoms with Gasteiger partial charge in [-0.3, -0.25) is 14.9 Å². The number of halogens is 1. The summed E-state index contributed by atoms with van der Waals surface area (Å²) in [5.74, 6) is -0.882. The van der Waals surface area contributed by atoms with Crippen LogP contribution in [0.4, 0.5) is 5.69 Å². The number of carboxylic acids is 1. The molecule has 0 fully saturated rings. The summed E-state index contributed by atoms with van der Waals surface area (Å²) < 4.78 is 5.49. The second kappa shape index (κ2) is 7.08. The van der Waals surface area contributed by atoms with Gasteiger partial charge in [0.05, 0.1) is 9.95 Å². The summed E-state index contributed by atoms with van der Waals surface area (Å²) in [6, 6.07) is 9.61. The average Bonchev–Trinajstić information content (AvgIpc) is 2.50. The molecule has 0 saturated carbocycles. The number of carboxylic acid groups (broad SMARTS) is 1. The number of hydrogen-bond donors (Lipinski definition) is 2. The standard InChI is InChI=1S/C15H13ClN2O5/c16-10-3-1-2-4-13(10)23-14-6-5-9(7-11(17)15(19)20)8-12(14)18(21)22/h1-6,8,11H,7,17H2,(H,19,20). The minimum atomic E-state index is -1.18. The third-order valence-corrected chi connectivity index (χ3v) is 3.36. The fraction of sp³-hybridized carbons (Fsp3) is 0.133. The van der Waals surface area contributed by atoms with Gasteiger partial charge in [0.2, 0.25) is 5.75 Å². The number of carbonyl (C=O) groups is 1. The summed E-state index contributed by atoms with van der Waals surface area (Å²) in [7, 11) is 0. The van der Waals surface area contributed by atoms with Crippen LogP contribution in [0.25, 0.3) is 0 Å². The monoisotopic (exact) mass is 336 g/mol. The van der Waals surface area contributed by atoms with Crippen LogP contribution in [0.15, 0.2) is 42.5 Å². The fourth-order valence-corrected chi connectivity index (χ4v) is 2.08. The Balaban J connectivity index is 2.32. The molecule has 0 saturated heterocycles. The van der Waals surface area contributed by atoms with Crippen LogP contribution in [0.2, 0.25) is 5.02 Å². The molecule has 0 aliphatic heterocycles. The van der Waals surface area contributed by atoms with Gasteiger partial charge in [-0.1, -0.05) is 29.8 Å². The summed E-state index contributed by atoms with van der Waals surface area (Å²) >= 11 is 5.96. The molecule has 120 valence electrons. The number of hydrogen-bond acceptors (Lipinski definition) is 5. The van der Waals surface area contributed by atoms with E-state index in [1.165, 1.54) is 18.2 Å². The lowest BCUT2D eigenvalue weighted by Crippen LogP contribution is -2.32. The molecule has 0 spiro atoms. The van der Waals surface area contributed by atoms with E-state index in [2.05, 4.69) is 0 Å². The van der Waals surface area contributed by atoms with Crippen molar-refractivity contribution >= 4 is 23.3 Å². The van der Waals surface area contributed by atoms with Crippen molar-refractivity contribution in [1.82, 2.24) is 0 Å². The molecule has 2 aromatic rings. The van der Waals surface area contributed by atoms with Crippen molar-refractivity contribution in [2.24, 2.45) is 5.73 Å². The SMILES string of the molecule is NC(Cc1ccc(Oc2ccccc2Cl)c([N+](=O)[O-])c1)C(=O)O. The van der Waals surface area contributed by atoms with Crippen LogP contribution >= 0.6 is 11.6 Å². The second-order valence-corrected chi connectivity index (χ2v) is 5.15. The lowest BCUT2D eigenvalue weighted by Gasteiger charge is -2.10. The smallest absolute Gasteiger partial charge is 0.320 e. The maximum absolute atomic E-state index is 11.2. The van der Waals surface area contributed by atoms with Crippen molar-refractivity contribution in [3.8, 4) is 11.5 Å². The van der Waals surface area contributed by atoms with Crippen LogP contribution in [0.5, 0.6) is 11.5 Å². The van der Waals surface area contributed by atoms with Crippen molar-refractivity contribution in [2.75, 3.05) is 0 Å². The zero-order valence-electron chi connectivity index (χ0n) is 11.8. The van der Waals surface area contributed by atoms with Gasteiger partial charge in [-0.25, -0.2) is 0 Å². The molecule has 7 nitrogen and oxygen atoms in total. The molecule has 0 aromatic heterocycles. The summed E-state index contributed by atoms with van der Waals surface area (Å²) in [4.78, 5) is 21.4. The number of nitro benzene ring substituents is 1. The lowest BCUT2D eigenvalue weighted by atomic mass is 10.1. The highest BCUT2D eigenvalue weighted by atomic mass is 35.5. The van der Waals surface area contributed by atoms with Gasteiger partial charge in [0.1, 0.15) is 11.8 Å². The number of aliphatic carboxylic acids is 1. The summed E-state index contributed by atoms with van der Waals surface area (Å²) in [5.41, 5.74) is 5.58. The first-order chi connectivity index (χ1) is 10.9. The molecule has 1 atom stereocenters. The minimum absolute atomic E-state index is 0.00995. The predicted molar refractivity (Wildman–Crippen MR) is 83.9 cm³/mol. The highest BCUT2D eigenvalue weighted by Crippen LogP contribution is 2.35. The van der Waals surface area contributed by atoms with Gasteiger partial charge in [-0.05, 0) is 30.2 Å². The Morgan fingerprint density at radius 2 is 2.00 bits per heavy atom. The first-order valence-corrected chi connectivity index (χ1v) is 6.94. The predicted octanol–water partition coefficient (Wildman–Crippen LogP) is 2.99. The Morgan fingerprint density at radius 1 is 1.30 bits per heavy atom. The van der Waals surface area contributed by atoms with E-state index in [0.29, 0.717) is 10.6 Å². The number of para-hydroxylation sites is 1. The van der Waals surface area contributed by atoms with E-state index in [4.69, 9.17) is 27.2 Å². The first-order valence-electron chi connectivity index (χ1n) is 6.56. The van der Waals surface area contributed by atoms with Crippen molar-refractivity contribution in [2.45, 2.75) is 12.5 Å². The molecule has 0 amide bonds. The highest BCUT2D eigenvalue weighted by molar-refractivity contribution is 6.32. The topological polar surface area (TPSA) is 116 Å². The number of benzene rings is 2. The molecule has 0 heterocycles. The molecule has 2 aromatic carbocycles. The Hall–Kier alpha value is -2.64. The molecule has 0 radical (unpaired) electrons. The number of nitrogens with zero attached hydrogens (tertiary/aromatic N) is 1.